The van der Waals surface area contributed by atoms with Gasteiger partial charge in [-0.1, -0.05) is 12.1 Å². The van der Waals surface area contributed by atoms with Gasteiger partial charge in [0.1, 0.15) is 0 Å². The Morgan fingerprint density at radius 2 is 2.12 bits per heavy atom. The Labute approximate surface area is 96.8 Å². The number of rotatable bonds is 4. The van der Waals surface area contributed by atoms with E-state index in [0.717, 1.165) is 25.1 Å². The van der Waals surface area contributed by atoms with Crippen LogP contribution in [0.4, 0.5) is 5.69 Å². The zero-order valence-electron chi connectivity index (χ0n) is 9.74. The van der Waals surface area contributed by atoms with Crippen LogP contribution in [0.3, 0.4) is 0 Å². The quantitative estimate of drug-likeness (QED) is 0.848. The van der Waals surface area contributed by atoms with Gasteiger partial charge in [-0.3, -0.25) is 0 Å². The van der Waals surface area contributed by atoms with E-state index in [2.05, 4.69) is 29.6 Å². The van der Waals surface area contributed by atoms with Gasteiger partial charge in [0.15, 0.2) is 6.29 Å². The predicted octanol–water partition coefficient (Wildman–Crippen LogP) is 2.77. The van der Waals surface area contributed by atoms with E-state index in [4.69, 9.17) is 9.47 Å². The van der Waals surface area contributed by atoms with Crippen molar-refractivity contribution in [1.29, 1.82) is 0 Å². The average molecular weight is 221 g/mol. The molecule has 0 radical (unpaired) electrons. The molecule has 0 aromatic heterocycles. The fourth-order valence-corrected chi connectivity index (χ4v) is 1.80. The Hall–Kier alpha value is -1.06. The van der Waals surface area contributed by atoms with Crippen LogP contribution in [0.1, 0.15) is 24.8 Å². The molecule has 1 N–H and O–H groups in total. The molecule has 0 bridgehead atoms. The molecule has 1 unspecified atom stereocenters. The van der Waals surface area contributed by atoms with Crippen LogP contribution < -0.4 is 5.32 Å². The van der Waals surface area contributed by atoms with E-state index in [9.17, 15) is 0 Å². The van der Waals surface area contributed by atoms with Crippen LogP contribution in [-0.4, -0.2) is 19.9 Å². The smallest absolute Gasteiger partial charge is 0.158 e. The molecule has 3 heteroatoms. The third-order valence-corrected chi connectivity index (χ3v) is 2.82. The van der Waals surface area contributed by atoms with Gasteiger partial charge in [-0.2, -0.15) is 0 Å². The highest BCUT2D eigenvalue weighted by Crippen LogP contribution is 2.16. The summed E-state index contributed by atoms with van der Waals surface area (Å²) in [7, 11) is 1.92. The standard InChI is InChI=1S/C13H19NO2/c1-14-12-7-5-11(6-8-12)10-16-13-4-2-3-9-15-13/h5-8,13-14H,2-4,9-10H2,1H3. The molecule has 1 heterocycles. The lowest BCUT2D eigenvalue weighted by Gasteiger charge is -2.22. The molecule has 0 aliphatic carbocycles. The lowest BCUT2D eigenvalue weighted by atomic mass is 10.2. The van der Waals surface area contributed by atoms with Gasteiger partial charge in [0, 0.05) is 19.3 Å². The first-order chi connectivity index (χ1) is 7.88. The van der Waals surface area contributed by atoms with Gasteiger partial charge in [0.25, 0.3) is 0 Å². The molecule has 0 amide bonds. The summed E-state index contributed by atoms with van der Waals surface area (Å²) in [5.41, 5.74) is 2.31. The van der Waals surface area contributed by atoms with Crippen LogP contribution in [-0.2, 0) is 16.1 Å². The predicted molar refractivity (Wildman–Crippen MR) is 64.4 cm³/mol. The molecular weight excluding hydrogens is 202 g/mol. The van der Waals surface area contributed by atoms with Crippen molar-refractivity contribution in [2.24, 2.45) is 0 Å². The Morgan fingerprint density at radius 3 is 2.75 bits per heavy atom. The van der Waals surface area contributed by atoms with Crippen molar-refractivity contribution in [2.75, 3.05) is 19.0 Å². The Morgan fingerprint density at radius 1 is 1.31 bits per heavy atom. The molecule has 1 aliphatic rings. The highest BCUT2D eigenvalue weighted by Gasteiger charge is 2.13. The number of anilines is 1. The number of hydrogen-bond donors (Lipinski definition) is 1. The molecule has 3 nitrogen and oxygen atoms in total. The molecular formula is C13H19NO2. The average Bonchev–Trinajstić information content (AvgIpc) is 2.38. The third kappa shape index (κ3) is 3.22. The molecule has 0 spiro atoms. The summed E-state index contributed by atoms with van der Waals surface area (Å²) in [5, 5.41) is 3.09. The van der Waals surface area contributed by atoms with Gasteiger partial charge in [-0.25, -0.2) is 0 Å². The molecule has 16 heavy (non-hydrogen) atoms. The monoisotopic (exact) mass is 221 g/mol. The summed E-state index contributed by atoms with van der Waals surface area (Å²) >= 11 is 0. The summed E-state index contributed by atoms with van der Waals surface area (Å²) in [6, 6.07) is 8.27. The molecule has 1 aromatic carbocycles. The Kier molecular flexibility index (Phi) is 4.19. The van der Waals surface area contributed by atoms with Crippen LogP contribution in [0, 0.1) is 0 Å². The number of nitrogens with one attached hydrogen (secondary N) is 1. The maximum Gasteiger partial charge on any atom is 0.158 e. The summed E-state index contributed by atoms with van der Waals surface area (Å²) in [6.45, 7) is 1.47. The second-order valence-electron chi connectivity index (χ2n) is 4.05. The SMILES string of the molecule is CNc1ccc(COC2CCCCO2)cc1. The lowest BCUT2D eigenvalue weighted by Crippen LogP contribution is -2.21. The molecule has 1 atom stereocenters. The van der Waals surface area contributed by atoms with Gasteiger partial charge >= 0.3 is 0 Å². The highest BCUT2D eigenvalue weighted by atomic mass is 16.7. The minimum absolute atomic E-state index is 0.00210. The van der Waals surface area contributed by atoms with E-state index < -0.39 is 0 Å². The van der Waals surface area contributed by atoms with Gasteiger partial charge in [0.05, 0.1) is 6.61 Å². The van der Waals surface area contributed by atoms with Crippen LogP contribution in [0.2, 0.25) is 0 Å². The van der Waals surface area contributed by atoms with Crippen LogP contribution in [0.25, 0.3) is 0 Å². The number of hydrogen-bond acceptors (Lipinski definition) is 3. The summed E-state index contributed by atoms with van der Waals surface area (Å²) < 4.78 is 11.2. The van der Waals surface area contributed by atoms with Crippen molar-refractivity contribution < 1.29 is 9.47 Å². The van der Waals surface area contributed by atoms with E-state index in [-0.39, 0.29) is 6.29 Å². The van der Waals surface area contributed by atoms with Gasteiger partial charge in [0.2, 0.25) is 0 Å². The highest BCUT2D eigenvalue weighted by molar-refractivity contribution is 5.43. The number of benzene rings is 1. The molecule has 1 aromatic rings. The topological polar surface area (TPSA) is 30.5 Å². The minimum atomic E-state index is -0.00210. The van der Waals surface area contributed by atoms with Crippen molar-refractivity contribution in [1.82, 2.24) is 0 Å². The fourth-order valence-electron chi connectivity index (χ4n) is 1.80. The normalized spacial score (nSPS) is 20.7. The van der Waals surface area contributed by atoms with Crippen LogP contribution in [0.5, 0.6) is 0 Å². The van der Waals surface area contributed by atoms with Gasteiger partial charge in [-0.15, -0.1) is 0 Å². The second-order valence-corrected chi connectivity index (χ2v) is 4.05. The first kappa shape index (κ1) is 11.4. The Bertz CT molecular complexity index is 304. The largest absolute Gasteiger partial charge is 0.388 e. The summed E-state index contributed by atoms with van der Waals surface area (Å²) in [6.07, 6.45) is 3.40. The molecule has 2 rings (SSSR count). The van der Waals surface area contributed by atoms with Crippen LogP contribution >= 0.6 is 0 Å². The van der Waals surface area contributed by atoms with Gasteiger partial charge < -0.3 is 14.8 Å². The Balaban J connectivity index is 1.79. The maximum absolute atomic E-state index is 5.70. The van der Waals surface area contributed by atoms with E-state index in [1.54, 1.807) is 0 Å². The van der Waals surface area contributed by atoms with E-state index >= 15 is 0 Å². The summed E-state index contributed by atoms with van der Waals surface area (Å²) in [5.74, 6) is 0. The van der Waals surface area contributed by atoms with Crippen molar-refractivity contribution in [3.8, 4) is 0 Å². The third-order valence-electron chi connectivity index (χ3n) is 2.82. The van der Waals surface area contributed by atoms with E-state index in [1.165, 1.54) is 12.0 Å². The van der Waals surface area contributed by atoms with Crippen LogP contribution in [0.15, 0.2) is 24.3 Å². The molecule has 88 valence electrons. The molecule has 1 fully saturated rings. The molecule has 1 saturated heterocycles. The van der Waals surface area contributed by atoms with E-state index in [1.807, 2.05) is 7.05 Å². The van der Waals surface area contributed by atoms with Crippen molar-refractivity contribution in [2.45, 2.75) is 32.2 Å². The first-order valence-corrected chi connectivity index (χ1v) is 5.88. The zero-order chi connectivity index (χ0) is 11.2. The van der Waals surface area contributed by atoms with E-state index in [0.29, 0.717) is 6.61 Å². The maximum atomic E-state index is 5.70. The van der Waals surface area contributed by atoms with Crippen molar-refractivity contribution >= 4 is 5.69 Å². The summed E-state index contributed by atoms with van der Waals surface area (Å²) in [4.78, 5) is 0. The number of ether oxygens (including phenoxy) is 2. The lowest BCUT2D eigenvalue weighted by molar-refractivity contribution is -0.168. The molecule has 0 saturated carbocycles. The van der Waals surface area contributed by atoms with Crippen molar-refractivity contribution in [3.63, 3.8) is 0 Å². The zero-order valence-corrected chi connectivity index (χ0v) is 9.74. The molecule has 1 aliphatic heterocycles. The van der Waals surface area contributed by atoms with Crippen molar-refractivity contribution in [3.05, 3.63) is 29.8 Å². The first-order valence-electron chi connectivity index (χ1n) is 5.88. The minimum Gasteiger partial charge on any atom is -0.388 e. The second kappa shape index (κ2) is 5.87. The van der Waals surface area contributed by atoms with Gasteiger partial charge in [-0.05, 0) is 37.0 Å². The fraction of sp³-hybridized carbons (Fsp3) is 0.538.